The van der Waals surface area contributed by atoms with Crippen molar-refractivity contribution in [2.75, 3.05) is 23.8 Å². The maximum Gasteiger partial charge on any atom is 0.226 e. The summed E-state index contributed by atoms with van der Waals surface area (Å²) in [6, 6.07) is 8.07. The third-order valence-corrected chi connectivity index (χ3v) is 3.30. The molecule has 0 radical (unpaired) electrons. The minimum atomic E-state index is 0.0213. The molecule has 0 aliphatic rings. The van der Waals surface area contributed by atoms with Crippen molar-refractivity contribution in [2.24, 2.45) is 7.05 Å². The predicted octanol–water partition coefficient (Wildman–Crippen LogP) is 1.82. The van der Waals surface area contributed by atoms with Gasteiger partial charge in [0.1, 0.15) is 5.82 Å². The second kappa shape index (κ2) is 5.98. The van der Waals surface area contributed by atoms with Crippen LogP contribution in [0.15, 0.2) is 30.5 Å². The van der Waals surface area contributed by atoms with Gasteiger partial charge in [0.15, 0.2) is 5.65 Å². The molecule has 0 aliphatic carbocycles. The number of aliphatic hydroxyl groups excluding tert-OH is 1. The number of anilines is 3. The van der Waals surface area contributed by atoms with Crippen molar-refractivity contribution in [1.82, 2.24) is 19.7 Å². The van der Waals surface area contributed by atoms with Gasteiger partial charge in [0, 0.05) is 19.3 Å². The zero-order chi connectivity index (χ0) is 15.5. The average Bonchev–Trinajstić information content (AvgIpc) is 2.89. The maximum atomic E-state index is 8.93. The van der Waals surface area contributed by atoms with Crippen LogP contribution in [-0.4, -0.2) is 38.0 Å². The minimum Gasteiger partial charge on any atom is -0.395 e. The Labute approximate surface area is 128 Å². The fourth-order valence-corrected chi connectivity index (χ4v) is 2.14. The van der Waals surface area contributed by atoms with Crippen molar-refractivity contribution < 1.29 is 5.11 Å². The van der Waals surface area contributed by atoms with Gasteiger partial charge < -0.3 is 15.7 Å². The first kappa shape index (κ1) is 14.3. The Kier molecular flexibility index (Phi) is 3.88. The summed E-state index contributed by atoms with van der Waals surface area (Å²) in [6.45, 7) is 2.46. The first-order valence-electron chi connectivity index (χ1n) is 7.05. The molecule has 0 amide bonds. The maximum absolute atomic E-state index is 8.93. The number of hydrogen-bond donors (Lipinski definition) is 3. The molecule has 0 spiro atoms. The molecule has 3 N–H and O–H groups in total. The van der Waals surface area contributed by atoms with Crippen LogP contribution in [0.5, 0.6) is 0 Å². The van der Waals surface area contributed by atoms with E-state index in [9.17, 15) is 0 Å². The van der Waals surface area contributed by atoms with Crippen LogP contribution in [0.25, 0.3) is 11.0 Å². The topological polar surface area (TPSA) is 87.9 Å². The van der Waals surface area contributed by atoms with Crippen LogP contribution in [0, 0.1) is 6.92 Å². The monoisotopic (exact) mass is 298 g/mol. The summed E-state index contributed by atoms with van der Waals surface area (Å²) in [7, 11) is 1.83. The van der Waals surface area contributed by atoms with E-state index in [-0.39, 0.29) is 6.61 Å². The highest BCUT2D eigenvalue weighted by atomic mass is 16.3. The Bertz CT molecular complexity index is 781. The van der Waals surface area contributed by atoms with Gasteiger partial charge in [-0.3, -0.25) is 4.68 Å². The van der Waals surface area contributed by atoms with E-state index in [2.05, 4.69) is 25.7 Å². The van der Waals surface area contributed by atoms with Crippen LogP contribution < -0.4 is 10.6 Å². The molecule has 3 rings (SSSR count). The third kappa shape index (κ3) is 2.84. The average molecular weight is 298 g/mol. The molecular formula is C15H18N6O. The van der Waals surface area contributed by atoms with Crippen molar-refractivity contribution in [3.63, 3.8) is 0 Å². The smallest absolute Gasteiger partial charge is 0.226 e. The normalized spacial score (nSPS) is 10.9. The third-order valence-electron chi connectivity index (χ3n) is 3.30. The Morgan fingerprint density at radius 1 is 1.18 bits per heavy atom. The van der Waals surface area contributed by atoms with Crippen LogP contribution in [-0.2, 0) is 7.05 Å². The standard InChI is InChI=1S/C15H18N6O/c1-10-3-5-11(6-4-10)18-13-12-9-17-21(2)14(12)20-15(19-13)16-7-8-22/h3-6,9,22H,7-8H2,1-2H3,(H2,16,18,19,20). The van der Waals surface area contributed by atoms with Crippen molar-refractivity contribution in [3.05, 3.63) is 36.0 Å². The summed E-state index contributed by atoms with van der Waals surface area (Å²) in [5.74, 6) is 1.14. The number of nitrogens with zero attached hydrogens (tertiary/aromatic N) is 4. The van der Waals surface area contributed by atoms with Gasteiger partial charge in [-0.15, -0.1) is 0 Å². The van der Waals surface area contributed by atoms with Crippen LogP contribution in [0.3, 0.4) is 0 Å². The van der Waals surface area contributed by atoms with Gasteiger partial charge in [0.2, 0.25) is 5.95 Å². The molecule has 0 saturated carbocycles. The summed E-state index contributed by atoms with van der Waals surface area (Å²) in [4.78, 5) is 8.89. The molecule has 3 aromatic rings. The van der Waals surface area contributed by atoms with Gasteiger partial charge in [0.25, 0.3) is 0 Å². The summed E-state index contributed by atoms with van der Waals surface area (Å²) in [5.41, 5.74) is 2.87. The van der Waals surface area contributed by atoms with Crippen LogP contribution >= 0.6 is 0 Å². The zero-order valence-electron chi connectivity index (χ0n) is 12.5. The number of aromatic nitrogens is 4. The number of rotatable bonds is 5. The largest absolute Gasteiger partial charge is 0.395 e. The Balaban J connectivity index is 2.00. The molecule has 7 heteroatoms. The highest BCUT2D eigenvalue weighted by Gasteiger charge is 2.11. The Morgan fingerprint density at radius 3 is 2.68 bits per heavy atom. The molecule has 2 aromatic heterocycles. The number of nitrogens with one attached hydrogen (secondary N) is 2. The highest BCUT2D eigenvalue weighted by Crippen LogP contribution is 2.24. The fourth-order valence-electron chi connectivity index (χ4n) is 2.14. The van der Waals surface area contributed by atoms with E-state index >= 15 is 0 Å². The molecule has 114 valence electrons. The molecule has 0 aliphatic heterocycles. The van der Waals surface area contributed by atoms with E-state index in [4.69, 9.17) is 5.11 Å². The van der Waals surface area contributed by atoms with Gasteiger partial charge in [-0.05, 0) is 19.1 Å². The number of benzene rings is 1. The number of fused-ring (bicyclic) bond motifs is 1. The van der Waals surface area contributed by atoms with Gasteiger partial charge in [0.05, 0.1) is 18.2 Å². The molecule has 0 atom stereocenters. The molecule has 0 unspecified atom stereocenters. The summed E-state index contributed by atoms with van der Waals surface area (Å²) >= 11 is 0. The lowest BCUT2D eigenvalue weighted by molar-refractivity contribution is 0.311. The number of hydrogen-bond acceptors (Lipinski definition) is 6. The van der Waals surface area contributed by atoms with E-state index in [1.54, 1.807) is 10.9 Å². The van der Waals surface area contributed by atoms with E-state index in [1.807, 2.05) is 38.2 Å². The van der Waals surface area contributed by atoms with Gasteiger partial charge in [-0.25, -0.2) is 0 Å². The highest BCUT2D eigenvalue weighted by molar-refractivity contribution is 5.89. The van der Waals surface area contributed by atoms with Crippen molar-refractivity contribution in [3.8, 4) is 0 Å². The van der Waals surface area contributed by atoms with Crippen LogP contribution in [0.1, 0.15) is 5.56 Å². The summed E-state index contributed by atoms with van der Waals surface area (Å²) < 4.78 is 1.70. The second-order valence-electron chi connectivity index (χ2n) is 5.04. The van der Waals surface area contributed by atoms with Crippen molar-refractivity contribution in [2.45, 2.75) is 6.92 Å². The molecule has 0 bridgehead atoms. The lowest BCUT2D eigenvalue weighted by atomic mass is 10.2. The SMILES string of the molecule is Cc1ccc(Nc2nc(NCCO)nc3c2cnn3C)cc1. The first-order chi connectivity index (χ1) is 10.7. The van der Waals surface area contributed by atoms with E-state index in [0.717, 1.165) is 16.7 Å². The molecular weight excluding hydrogens is 280 g/mol. The van der Waals surface area contributed by atoms with Crippen LogP contribution in [0.2, 0.25) is 0 Å². The molecule has 0 fully saturated rings. The lowest BCUT2D eigenvalue weighted by Crippen LogP contribution is -2.10. The van der Waals surface area contributed by atoms with E-state index in [0.29, 0.717) is 18.3 Å². The lowest BCUT2D eigenvalue weighted by Gasteiger charge is -2.10. The predicted molar refractivity (Wildman–Crippen MR) is 86.3 cm³/mol. The number of aryl methyl sites for hydroxylation is 2. The molecule has 22 heavy (non-hydrogen) atoms. The Morgan fingerprint density at radius 2 is 1.95 bits per heavy atom. The van der Waals surface area contributed by atoms with E-state index in [1.165, 1.54) is 5.56 Å². The fraction of sp³-hybridized carbons (Fsp3) is 0.267. The Hall–Kier alpha value is -2.67. The minimum absolute atomic E-state index is 0.0213. The van der Waals surface area contributed by atoms with E-state index < -0.39 is 0 Å². The molecule has 2 heterocycles. The van der Waals surface area contributed by atoms with Gasteiger partial charge in [-0.1, -0.05) is 17.7 Å². The first-order valence-corrected chi connectivity index (χ1v) is 7.05. The van der Waals surface area contributed by atoms with Crippen molar-refractivity contribution in [1.29, 1.82) is 0 Å². The second-order valence-corrected chi connectivity index (χ2v) is 5.04. The zero-order valence-corrected chi connectivity index (χ0v) is 12.5. The van der Waals surface area contributed by atoms with Gasteiger partial charge >= 0.3 is 0 Å². The summed E-state index contributed by atoms with van der Waals surface area (Å²) in [6.07, 6.45) is 1.74. The van der Waals surface area contributed by atoms with Crippen molar-refractivity contribution >= 4 is 28.5 Å². The summed E-state index contributed by atoms with van der Waals surface area (Å²) in [5, 5.41) is 20.3. The van der Waals surface area contributed by atoms with Crippen LogP contribution in [0.4, 0.5) is 17.5 Å². The molecule has 1 aromatic carbocycles. The van der Waals surface area contributed by atoms with Gasteiger partial charge in [-0.2, -0.15) is 15.1 Å². The molecule has 7 nitrogen and oxygen atoms in total. The molecule has 0 saturated heterocycles. The number of aliphatic hydroxyl groups is 1. The quantitative estimate of drug-likeness (QED) is 0.666.